The first-order valence-electron chi connectivity index (χ1n) is 8.41. The van der Waals surface area contributed by atoms with Gasteiger partial charge in [0.25, 0.3) is 11.8 Å². The van der Waals surface area contributed by atoms with Gasteiger partial charge in [-0.1, -0.05) is 23.7 Å². The smallest absolute Gasteiger partial charge is 0.282 e. The second kappa shape index (κ2) is 7.22. The minimum absolute atomic E-state index is 0.151. The molecule has 0 saturated heterocycles. The molecule has 1 aliphatic heterocycles. The van der Waals surface area contributed by atoms with Crippen molar-refractivity contribution in [2.24, 2.45) is 0 Å². The summed E-state index contributed by atoms with van der Waals surface area (Å²) in [6.07, 6.45) is 0. The van der Waals surface area contributed by atoms with E-state index in [1.165, 1.54) is 35.6 Å². The predicted molar refractivity (Wildman–Crippen MR) is 110 cm³/mol. The SMILES string of the molecule is Cc1ccc(Cl)cc1N1C(=O)C(Nc2ccc(F)cc2)=C(c2cccs2)C1=O. The Bertz CT molecular complexity index is 1110. The minimum atomic E-state index is -0.483. The summed E-state index contributed by atoms with van der Waals surface area (Å²) in [7, 11) is 0. The molecule has 3 aromatic rings. The minimum Gasteiger partial charge on any atom is -0.350 e. The highest BCUT2D eigenvalue weighted by Gasteiger charge is 2.41. The van der Waals surface area contributed by atoms with E-state index in [1.807, 2.05) is 18.4 Å². The van der Waals surface area contributed by atoms with Crippen LogP contribution in [0.25, 0.3) is 5.57 Å². The highest BCUT2D eigenvalue weighted by molar-refractivity contribution is 7.11. The summed E-state index contributed by atoms with van der Waals surface area (Å²) in [4.78, 5) is 28.3. The van der Waals surface area contributed by atoms with Crippen LogP contribution in [0.15, 0.2) is 65.7 Å². The van der Waals surface area contributed by atoms with Crippen LogP contribution in [0, 0.1) is 12.7 Å². The number of anilines is 2. The number of nitrogens with one attached hydrogen (secondary N) is 1. The molecule has 0 radical (unpaired) electrons. The molecule has 140 valence electrons. The molecule has 7 heteroatoms. The van der Waals surface area contributed by atoms with Gasteiger partial charge in [-0.15, -0.1) is 11.3 Å². The molecule has 0 atom stereocenters. The number of nitrogens with zero attached hydrogens (tertiary/aromatic N) is 1. The number of carbonyl (C=O) groups is 2. The summed E-state index contributed by atoms with van der Waals surface area (Å²) >= 11 is 7.46. The molecular formula is C21H14ClFN2O2S. The third-order valence-electron chi connectivity index (χ3n) is 4.38. The molecule has 0 bridgehead atoms. The average Bonchev–Trinajstić information content (AvgIpc) is 3.27. The maximum absolute atomic E-state index is 13.2. The van der Waals surface area contributed by atoms with Crippen LogP contribution >= 0.6 is 22.9 Å². The van der Waals surface area contributed by atoms with Gasteiger partial charge in [-0.3, -0.25) is 9.59 Å². The van der Waals surface area contributed by atoms with Crippen molar-refractivity contribution >= 4 is 51.7 Å². The summed E-state index contributed by atoms with van der Waals surface area (Å²) in [5.41, 5.74) is 2.13. The van der Waals surface area contributed by atoms with Gasteiger partial charge in [0.1, 0.15) is 11.5 Å². The highest BCUT2D eigenvalue weighted by Crippen LogP contribution is 2.37. The van der Waals surface area contributed by atoms with Crippen LogP contribution in [-0.2, 0) is 9.59 Å². The highest BCUT2D eigenvalue weighted by atomic mass is 35.5. The van der Waals surface area contributed by atoms with Crippen LogP contribution in [-0.4, -0.2) is 11.8 Å². The Labute approximate surface area is 169 Å². The van der Waals surface area contributed by atoms with Crippen molar-refractivity contribution in [3.05, 3.63) is 87.0 Å². The fourth-order valence-electron chi connectivity index (χ4n) is 3.01. The van der Waals surface area contributed by atoms with Crippen molar-refractivity contribution in [3.63, 3.8) is 0 Å². The fraction of sp³-hybridized carbons (Fsp3) is 0.0476. The third-order valence-corrected chi connectivity index (χ3v) is 5.50. The maximum atomic E-state index is 13.2. The van der Waals surface area contributed by atoms with Gasteiger partial charge in [-0.2, -0.15) is 0 Å². The normalized spacial score (nSPS) is 14.2. The number of carbonyl (C=O) groups excluding carboxylic acids is 2. The van der Waals surface area contributed by atoms with Crippen LogP contribution in [0.3, 0.4) is 0 Å². The monoisotopic (exact) mass is 412 g/mol. The lowest BCUT2D eigenvalue weighted by Gasteiger charge is -2.18. The maximum Gasteiger partial charge on any atom is 0.282 e. The molecule has 1 N–H and O–H groups in total. The van der Waals surface area contributed by atoms with Crippen molar-refractivity contribution in [2.45, 2.75) is 6.92 Å². The predicted octanol–water partition coefficient (Wildman–Crippen LogP) is 5.25. The van der Waals surface area contributed by atoms with E-state index in [-0.39, 0.29) is 17.1 Å². The standard InChI is InChI=1S/C21H14ClFN2O2S/c1-12-4-5-13(22)11-16(12)25-20(26)18(17-3-2-10-28-17)19(21(25)27)24-15-8-6-14(23)7-9-15/h2-11,24H,1H3. The number of thiophene rings is 1. The molecule has 0 spiro atoms. The molecular weight excluding hydrogens is 399 g/mol. The molecule has 1 aliphatic rings. The number of hydrogen-bond donors (Lipinski definition) is 1. The van der Waals surface area contributed by atoms with E-state index in [0.717, 1.165) is 10.5 Å². The van der Waals surface area contributed by atoms with Gasteiger partial charge < -0.3 is 5.32 Å². The number of aryl methyl sites for hydroxylation is 1. The Morgan fingerprint density at radius 2 is 1.79 bits per heavy atom. The second-order valence-corrected chi connectivity index (χ2v) is 7.62. The molecule has 2 amide bonds. The van der Waals surface area contributed by atoms with E-state index in [0.29, 0.717) is 21.3 Å². The lowest BCUT2D eigenvalue weighted by atomic mass is 10.1. The van der Waals surface area contributed by atoms with E-state index in [9.17, 15) is 14.0 Å². The van der Waals surface area contributed by atoms with Crippen LogP contribution in [0.2, 0.25) is 5.02 Å². The number of rotatable bonds is 4. The van der Waals surface area contributed by atoms with Crippen molar-refractivity contribution in [3.8, 4) is 0 Å². The number of amides is 2. The number of benzene rings is 2. The van der Waals surface area contributed by atoms with Gasteiger partial charge in [0.05, 0.1) is 11.3 Å². The Hall–Kier alpha value is -2.96. The molecule has 1 aromatic heterocycles. The van der Waals surface area contributed by atoms with Gasteiger partial charge in [-0.05, 0) is 60.3 Å². The molecule has 28 heavy (non-hydrogen) atoms. The first-order chi connectivity index (χ1) is 13.5. The van der Waals surface area contributed by atoms with E-state index in [4.69, 9.17) is 11.6 Å². The van der Waals surface area contributed by atoms with Crippen LogP contribution in [0.5, 0.6) is 0 Å². The average molecular weight is 413 g/mol. The van der Waals surface area contributed by atoms with Crippen LogP contribution < -0.4 is 10.2 Å². The molecule has 2 aromatic carbocycles. The quantitative estimate of drug-likeness (QED) is 0.596. The lowest BCUT2D eigenvalue weighted by molar-refractivity contribution is -0.120. The molecule has 0 saturated carbocycles. The summed E-state index contributed by atoms with van der Waals surface area (Å²) in [5.74, 6) is -1.30. The fourth-order valence-corrected chi connectivity index (χ4v) is 3.95. The van der Waals surface area contributed by atoms with E-state index in [1.54, 1.807) is 24.3 Å². The Morgan fingerprint density at radius 3 is 2.46 bits per heavy atom. The Morgan fingerprint density at radius 1 is 1.04 bits per heavy atom. The molecule has 2 heterocycles. The third kappa shape index (κ3) is 3.21. The Kier molecular flexibility index (Phi) is 4.75. The van der Waals surface area contributed by atoms with Gasteiger partial charge in [-0.25, -0.2) is 9.29 Å². The van der Waals surface area contributed by atoms with Gasteiger partial charge in [0, 0.05) is 15.6 Å². The Balaban J connectivity index is 1.82. The van der Waals surface area contributed by atoms with Crippen LogP contribution in [0.1, 0.15) is 10.4 Å². The summed E-state index contributed by atoms with van der Waals surface area (Å²) in [6.45, 7) is 1.81. The van der Waals surface area contributed by atoms with Crippen molar-refractivity contribution < 1.29 is 14.0 Å². The molecule has 0 unspecified atom stereocenters. The molecule has 0 fully saturated rings. The molecule has 4 nitrogen and oxygen atoms in total. The van der Waals surface area contributed by atoms with E-state index < -0.39 is 11.8 Å². The number of halogens is 2. The zero-order valence-corrected chi connectivity index (χ0v) is 16.3. The number of hydrogen-bond acceptors (Lipinski definition) is 4. The van der Waals surface area contributed by atoms with Gasteiger partial charge in [0.15, 0.2) is 0 Å². The lowest BCUT2D eigenvalue weighted by Crippen LogP contribution is -2.33. The van der Waals surface area contributed by atoms with Crippen molar-refractivity contribution in [2.75, 3.05) is 10.2 Å². The van der Waals surface area contributed by atoms with Crippen molar-refractivity contribution in [1.29, 1.82) is 0 Å². The van der Waals surface area contributed by atoms with Crippen LogP contribution in [0.4, 0.5) is 15.8 Å². The topological polar surface area (TPSA) is 49.4 Å². The van der Waals surface area contributed by atoms with Crippen molar-refractivity contribution in [1.82, 2.24) is 0 Å². The number of imide groups is 1. The zero-order valence-electron chi connectivity index (χ0n) is 14.7. The van der Waals surface area contributed by atoms with Gasteiger partial charge in [0.2, 0.25) is 0 Å². The zero-order chi connectivity index (χ0) is 19.8. The molecule has 4 rings (SSSR count). The van der Waals surface area contributed by atoms with Gasteiger partial charge >= 0.3 is 0 Å². The largest absolute Gasteiger partial charge is 0.350 e. The van der Waals surface area contributed by atoms with E-state index >= 15 is 0 Å². The molecule has 0 aliphatic carbocycles. The first-order valence-corrected chi connectivity index (χ1v) is 9.67. The first kappa shape index (κ1) is 18.4. The van der Waals surface area contributed by atoms with E-state index in [2.05, 4.69) is 5.32 Å². The summed E-state index contributed by atoms with van der Waals surface area (Å²) in [6, 6.07) is 14.3. The second-order valence-electron chi connectivity index (χ2n) is 6.24. The summed E-state index contributed by atoms with van der Waals surface area (Å²) in [5, 5.41) is 5.26. The summed E-state index contributed by atoms with van der Waals surface area (Å²) < 4.78 is 13.2.